The average molecular weight is 467 g/mol. The first-order valence-electron chi connectivity index (χ1n) is 11.4. The van der Waals surface area contributed by atoms with Crippen LogP contribution >= 0.6 is 0 Å². The van der Waals surface area contributed by atoms with E-state index in [0.717, 1.165) is 22.3 Å². The molecule has 0 aliphatic heterocycles. The fourth-order valence-electron chi connectivity index (χ4n) is 3.78. The fourth-order valence-corrected chi connectivity index (χ4v) is 3.78. The number of aliphatic hydroxyl groups is 1. The summed E-state index contributed by atoms with van der Waals surface area (Å²) < 4.78 is 11.4. The van der Waals surface area contributed by atoms with Gasteiger partial charge < -0.3 is 14.6 Å². The summed E-state index contributed by atoms with van der Waals surface area (Å²) in [6.45, 7) is 0. The first kappa shape index (κ1) is 23.9. The Labute approximate surface area is 204 Å². The van der Waals surface area contributed by atoms with Crippen LogP contribution in [0, 0.1) is 0 Å². The van der Waals surface area contributed by atoms with E-state index in [2.05, 4.69) is 0 Å². The second-order valence-corrected chi connectivity index (χ2v) is 8.05. The molecule has 0 radical (unpaired) electrons. The summed E-state index contributed by atoms with van der Waals surface area (Å²) in [6.07, 6.45) is -3.55. The average Bonchev–Trinajstić information content (AvgIpc) is 2.92. The minimum Gasteiger partial charge on any atom is -0.452 e. The van der Waals surface area contributed by atoms with Crippen molar-refractivity contribution in [2.75, 3.05) is 0 Å². The fraction of sp³-hybridized carbons (Fsp3) is 0.133. The lowest BCUT2D eigenvalue weighted by molar-refractivity contribution is -0.164. The van der Waals surface area contributed by atoms with Crippen molar-refractivity contribution in [1.82, 2.24) is 0 Å². The van der Waals surface area contributed by atoms with Crippen LogP contribution in [-0.2, 0) is 19.1 Å². The van der Waals surface area contributed by atoms with E-state index in [1.165, 1.54) is 0 Å². The summed E-state index contributed by atoms with van der Waals surface area (Å²) >= 11 is 0. The van der Waals surface area contributed by atoms with Crippen molar-refractivity contribution in [3.63, 3.8) is 0 Å². The molecule has 0 aromatic heterocycles. The van der Waals surface area contributed by atoms with E-state index in [4.69, 9.17) is 9.47 Å². The van der Waals surface area contributed by atoms with E-state index in [9.17, 15) is 14.7 Å². The van der Waals surface area contributed by atoms with Gasteiger partial charge in [-0.3, -0.25) is 4.79 Å². The molecule has 0 saturated heterocycles. The van der Waals surface area contributed by atoms with Gasteiger partial charge in [0.15, 0.2) is 18.3 Å². The van der Waals surface area contributed by atoms with Crippen molar-refractivity contribution in [2.24, 2.45) is 0 Å². The lowest BCUT2D eigenvalue weighted by Gasteiger charge is -2.22. The van der Waals surface area contributed by atoms with Gasteiger partial charge in [-0.05, 0) is 22.3 Å². The number of hydrogen-bond acceptors (Lipinski definition) is 5. The smallest absolute Gasteiger partial charge is 0.336 e. The number of carbonyl (C=O) groups is 2. The molecule has 35 heavy (non-hydrogen) atoms. The standard InChI is InChI=1S/C30H26O5/c31-26(30(33)35-29(24-17-9-3-10-18-24)25-19-11-4-12-20-25)21-27(32)34-28(22-13-5-1-6-14-22)23-15-7-2-8-16-23/h1-20,26,28-29,31H,21H2. The lowest BCUT2D eigenvalue weighted by Crippen LogP contribution is -2.29. The lowest BCUT2D eigenvalue weighted by atomic mass is 10.0. The third-order valence-electron chi connectivity index (χ3n) is 5.52. The molecule has 1 atom stereocenters. The van der Waals surface area contributed by atoms with E-state index in [1.807, 2.05) is 121 Å². The third-order valence-corrected chi connectivity index (χ3v) is 5.52. The predicted octanol–water partition coefficient (Wildman–Crippen LogP) is 5.40. The molecular weight excluding hydrogens is 440 g/mol. The van der Waals surface area contributed by atoms with Gasteiger partial charge in [-0.25, -0.2) is 4.79 Å². The SMILES string of the molecule is O=C(CC(O)C(=O)OC(c1ccccc1)c1ccccc1)OC(c1ccccc1)c1ccccc1. The Bertz CT molecular complexity index is 1130. The molecular formula is C30H26O5. The van der Waals surface area contributed by atoms with Gasteiger partial charge in [0, 0.05) is 0 Å². The molecule has 0 heterocycles. The molecule has 176 valence electrons. The Morgan fingerprint density at radius 1 is 0.543 bits per heavy atom. The highest BCUT2D eigenvalue weighted by atomic mass is 16.6. The van der Waals surface area contributed by atoms with Gasteiger partial charge >= 0.3 is 11.9 Å². The van der Waals surface area contributed by atoms with Crippen LogP contribution in [0.3, 0.4) is 0 Å². The zero-order valence-corrected chi connectivity index (χ0v) is 19.1. The molecule has 4 aromatic rings. The zero-order valence-electron chi connectivity index (χ0n) is 19.1. The zero-order chi connectivity index (χ0) is 24.5. The maximum atomic E-state index is 12.8. The van der Waals surface area contributed by atoms with Gasteiger partial charge in [0.25, 0.3) is 0 Å². The number of ether oxygens (including phenoxy) is 2. The number of rotatable bonds is 9. The maximum Gasteiger partial charge on any atom is 0.336 e. The molecule has 1 N–H and O–H groups in total. The monoisotopic (exact) mass is 466 g/mol. The molecule has 1 unspecified atom stereocenters. The van der Waals surface area contributed by atoms with Crippen LogP contribution in [0.4, 0.5) is 0 Å². The Balaban J connectivity index is 1.45. The van der Waals surface area contributed by atoms with Crippen LogP contribution in [-0.4, -0.2) is 23.1 Å². The van der Waals surface area contributed by atoms with E-state index >= 15 is 0 Å². The Morgan fingerprint density at radius 2 is 0.857 bits per heavy atom. The van der Waals surface area contributed by atoms with Crippen molar-refractivity contribution in [3.8, 4) is 0 Å². The van der Waals surface area contributed by atoms with Gasteiger partial charge in [0.05, 0.1) is 6.42 Å². The summed E-state index contributed by atoms with van der Waals surface area (Å²) in [5.41, 5.74) is 3.10. The highest BCUT2D eigenvalue weighted by Gasteiger charge is 2.28. The highest BCUT2D eigenvalue weighted by molar-refractivity contribution is 5.82. The van der Waals surface area contributed by atoms with Crippen molar-refractivity contribution >= 4 is 11.9 Å². The largest absolute Gasteiger partial charge is 0.452 e. The summed E-state index contributed by atoms with van der Waals surface area (Å²) in [6, 6.07) is 37.1. The van der Waals surface area contributed by atoms with Gasteiger partial charge in [-0.1, -0.05) is 121 Å². The Hall–Kier alpha value is -4.22. The molecule has 5 heteroatoms. The third kappa shape index (κ3) is 6.43. The summed E-state index contributed by atoms with van der Waals surface area (Å²) in [7, 11) is 0. The summed E-state index contributed by atoms with van der Waals surface area (Å²) in [4.78, 5) is 25.5. The van der Waals surface area contributed by atoms with Crippen LogP contribution in [0.15, 0.2) is 121 Å². The topological polar surface area (TPSA) is 72.8 Å². The van der Waals surface area contributed by atoms with E-state index in [0.29, 0.717) is 0 Å². The molecule has 0 saturated carbocycles. The number of benzene rings is 4. The number of esters is 2. The molecule has 0 amide bonds. The molecule has 0 aliphatic rings. The number of hydrogen-bond donors (Lipinski definition) is 1. The van der Waals surface area contributed by atoms with E-state index in [1.54, 1.807) is 0 Å². The van der Waals surface area contributed by atoms with Crippen LogP contribution in [0.1, 0.15) is 40.9 Å². The normalized spacial score (nSPS) is 11.7. The van der Waals surface area contributed by atoms with Gasteiger partial charge in [0.2, 0.25) is 0 Å². The highest BCUT2D eigenvalue weighted by Crippen LogP contribution is 2.28. The minimum atomic E-state index is -1.66. The molecule has 4 aromatic carbocycles. The van der Waals surface area contributed by atoms with E-state index < -0.39 is 36.7 Å². The van der Waals surface area contributed by atoms with Crippen molar-refractivity contribution in [3.05, 3.63) is 144 Å². The Kier molecular flexibility index (Phi) is 8.04. The second-order valence-electron chi connectivity index (χ2n) is 8.05. The second kappa shape index (κ2) is 11.8. The van der Waals surface area contributed by atoms with Gasteiger partial charge in [-0.2, -0.15) is 0 Å². The first-order valence-corrected chi connectivity index (χ1v) is 11.4. The number of aliphatic hydroxyl groups excluding tert-OH is 1. The predicted molar refractivity (Wildman–Crippen MR) is 132 cm³/mol. The van der Waals surface area contributed by atoms with Crippen LogP contribution in [0.2, 0.25) is 0 Å². The molecule has 0 spiro atoms. The van der Waals surface area contributed by atoms with Crippen LogP contribution in [0.25, 0.3) is 0 Å². The van der Waals surface area contributed by atoms with Crippen LogP contribution < -0.4 is 0 Å². The van der Waals surface area contributed by atoms with E-state index in [-0.39, 0.29) is 0 Å². The van der Waals surface area contributed by atoms with Gasteiger partial charge in [-0.15, -0.1) is 0 Å². The van der Waals surface area contributed by atoms with Gasteiger partial charge in [0.1, 0.15) is 0 Å². The molecule has 4 rings (SSSR count). The molecule has 0 bridgehead atoms. The quantitative estimate of drug-likeness (QED) is 0.334. The van der Waals surface area contributed by atoms with Crippen LogP contribution in [0.5, 0.6) is 0 Å². The maximum absolute atomic E-state index is 12.8. The minimum absolute atomic E-state index is 0.523. The van der Waals surface area contributed by atoms with Crippen molar-refractivity contribution in [2.45, 2.75) is 24.7 Å². The van der Waals surface area contributed by atoms with Crippen molar-refractivity contribution in [1.29, 1.82) is 0 Å². The molecule has 0 fully saturated rings. The summed E-state index contributed by atoms with van der Waals surface area (Å²) in [5.74, 6) is -1.60. The van der Waals surface area contributed by atoms with Crippen molar-refractivity contribution < 1.29 is 24.2 Å². The Morgan fingerprint density at radius 3 is 1.20 bits per heavy atom. The molecule has 0 aliphatic carbocycles. The number of carbonyl (C=O) groups excluding carboxylic acids is 2. The first-order chi connectivity index (χ1) is 17.1. The summed E-state index contributed by atoms with van der Waals surface area (Å²) in [5, 5.41) is 10.5. The molecule has 5 nitrogen and oxygen atoms in total.